The summed E-state index contributed by atoms with van der Waals surface area (Å²) in [6.07, 6.45) is 5.66. The standard InChI is InChI=1S/C14H24N2O3/c1-15(2)9-6-10-16(3)13(17)11-7-4-5-8-12(11)14(18)19/h4-5,11-12H,6-10H2,1-3H3,(H,18,19). The van der Waals surface area contributed by atoms with Crippen molar-refractivity contribution in [3.63, 3.8) is 0 Å². The van der Waals surface area contributed by atoms with Crippen LogP contribution in [0.3, 0.4) is 0 Å². The maximum atomic E-state index is 12.3. The predicted octanol–water partition coefficient (Wildman–Crippen LogP) is 1.06. The number of carbonyl (C=O) groups excluding carboxylic acids is 1. The van der Waals surface area contributed by atoms with E-state index in [9.17, 15) is 14.7 Å². The molecule has 0 saturated heterocycles. The number of hydrogen-bond donors (Lipinski definition) is 1. The average Bonchev–Trinajstić information content (AvgIpc) is 2.37. The third-order valence-corrected chi connectivity index (χ3v) is 3.54. The molecule has 2 atom stereocenters. The highest BCUT2D eigenvalue weighted by molar-refractivity contribution is 5.85. The van der Waals surface area contributed by atoms with Gasteiger partial charge in [0.15, 0.2) is 0 Å². The summed E-state index contributed by atoms with van der Waals surface area (Å²) < 4.78 is 0. The first-order chi connectivity index (χ1) is 8.93. The Balaban J connectivity index is 2.54. The van der Waals surface area contributed by atoms with Crippen molar-refractivity contribution in [1.82, 2.24) is 9.80 Å². The summed E-state index contributed by atoms with van der Waals surface area (Å²) in [6, 6.07) is 0. The molecule has 0 saturated carbocycles. The number of nitrogens with zero attached hydrogens (tertiary/aromatic N) is 2. The van der Waals surface area contributed by atoms with E-state index in [2.05, 4.69) is 4.90 Å². The SMILES string of the molecule is CN(C)CCCN(C)C(=O)C1CC=CCC1C(=O)O. The molecule has 1 rings (SSSR count). The van der Waals surface area contributed by atoms with Crippen LogP contribution in [0.5, 0.6) is 0 Å². The minimum Gasteiger partial charge on any atom is -0.481 e. The molecule has 1 aliphatic rings. The van der Waals surface area contributed by atoms with Crippen LogP contribution < -0.4 is 0 Å². The zero-order valence-corrected chi connectivity index (χ0v) is 12.0. The fourth-order valence-corrected chi connectivity index (χ4v) is 2.38. The largest absolute Gasteiger partial charge is 0.481 e. The van der Waals surface area contributed by atoms with Gasteiger partial charge in [-0.15, -0.1) is 0 Å². The summed E-state index contributed by atoms with van der Waals surface area (Å²) in [4.78, 5) is 27.2. The summed E-state index contributed by atoms with van der Waals surface area (Å²) in [5.74, 6) is -1.90. The maximum absolute atomic E-state index is 12.3. The van der Waals surface area contributed by atoms with Gasteiger partial charge in [-0.05, 0) is 39.9 Å². The lowest BCUT2D eigenvalue weighted by Crippen LogP contribution is -2.40. The molecule has 1 N–H and O–H groups in total. The number of rotatable bonds is 6. The second kappa shape index (κ2) is 7.28. The van der Waals surface area contributed by atoms with Crippen molar-refractivity contribution >= 4 is 11.9 Å². The van der Waals surface area contributed by atoms with Crippen LogP contribution in [0.1, 0.15) is 19.3 Å². The van der Waals surface area contributed by atoms with Gasteiger partial charge in [0, 0.05) is 13.6 Å². The number of carboxylic acid groups (broad SMARTS) is 1. The van der Waals surface area contributed by atoms with Crippen LogP contribution in [-0.4, -0.2) is 61.0 Å². The van der Waals surface area contributed by atoms with Gasteiger partial charge in [0.05, 0.1) is 11.8 Å². The Labute approximate surface area is 114 Å². The lowest BCUT2D eigenvalue weighted by Gasteiger charge is -2.29. The smallest absolute Gasteiger partial charge is 0.307 e. The molecule has 0 heterocycles. The monoisotopic (exact) mass is 268 g/mol. The van der Waals surface area contributed by atoms with Crippen molar-refractivity contribution in [2.24, 2.45) is 11.8 Å². The normalized spacial score (nSPS) is 22.5. The minimum atomic E-state index is -0.871. The molecule has 0 aromatic carbocycles. The fraction of sp³-hybridized carbons (Fsp3) is 0.714. The van der Waals surface area contributed by atoms with E-state index < -0.39 is 17.8 Å². The summed E-state index contributed by atoms with van der Waals surface area (Å²) in [6.45, 7) is 1.59. The number of amides is 1. The van der Waals surface area contributed by atoms with E-state index in [1.54, 1.807) is 11.9 Å². The molecule has 0 bridgehead atoms. The molecule has 1 aliphatic carbocycles. The zero-order valence-electron chi connectivity index (χ0n) is 12.0. The average molecular weight is 268 g/mol. The maximum Gasteiger partial charge on any atom is 0.307 e. The number of hydrogen-bond acceptors (Lipinski definition) is 3. The topological polar surface area (TPSA) is 60.9 Å². The Morgan fingerprint density at radius 1 is 1.11 bits per heavy atom. The first kappa shape index (κ1) is 15.7. The molecule has 0 fully saturated rings. The Hall–Kier alpha value is -1.36. The van der Waals surface area contributed by atoms with Crippen molar-refractivity contribution in [3.05, 3.63) is 12.2 Å². The molecule has 0 spiro atoms. The van der Waals surface area contributed by atoms with E-state index in [1.165, 1.54) is 0 Å². The molecule has 2 unspecified atom stereocenters. The van der Waals surface area contributed by atoms with E-state index >= 15 is 0 Å². The molecule has 5 heteroatoms. The minimum absolute atomic E-state index is 0.0458. The highest BCUT2D eigenvalue weighted by atomic mass is 16.4. The van der Waals surface area contributed by atoms with E-state index in [0.717, 1.165) is 13.0 Å². The van der Waals surface area contributed by atoms with Crippen LogP contribution in [0, 0.1) is 11.8 Å². The number of carbonyl (C=O) groups is 2. The molecule has 19 heavy (non-hydrogen) atoms. The van der Waals surface area contributed by atoms with Gasteiger partial charge in [0.1, 0.15) is 0 Å². The van der Waals surface area contributed by atoms with Crippen LogP contribution in [0.15, 0.2) is 12.2 Å². The Morgan fingerprint density at radius 2 is 1.68 bits per heavy atom. The zero-order chi connectivity index (χ0) is 14.4. The number of allylic oxidation sites excluding steroid dienone is 2. The summed E-state index contributed by atoms with van der Waals surface area (Å²) in [7, 11) is 5.75. The Bertz CT molecular complexity index is 353. The molecule has 0 aromatic heterocycles. The molecule has 0 aliphatic heterocycles. The molecular weight excluding hydrogens is 244 g/mol. The lowest BCUT2D eigenvalue weighted by molar-refractivity contribution is -0.150. The van der Waals surface area contributed by atoms with Crippen molar-refractivity contribution in [3.8, 4) is 0 Å². The van der Waals surface area contributed by atoms with E-state index in [-0.39, 0.29) is 5.91 Å². The van der Waals surface area contributed by atoms with E-state index in [0.29, 0.717) is 19.4 Å². The molecule has 0 radical (unpaired) electrons. The molecule has 108 valence electrons. The second-order valence-corrected chi connectivity index (χ2v) is 5.41. The molecule has 5 nitrogen and oxygen atoms in total. The third-order valence-electron chi connectivity index (χ3n) is 3.54. The van der Waals surface area contributed by atoms with Crippen molar-refractivity contribution in [1.29, 1.82) is 0 Å². The molecular formula is C14H24N2O3. The van der Waals surface area contributed by atoms with Crippen LogP contribution in [-0.2, 0) is 9.59 Å². The summed E-state index contributed by atoms with van der Waals surface area (Å²) in [5, 5.41) is 9.18. The van der Waals surface area contributed by atoms with Gasteiger partial charge in [0.25, 0.3) is 0 Å². The fourth-order valence-electron chi connectivity index (χ4n) is 2.38. The van der Waals surface area contributed by atoms with Crippen LogP contribution in [0.25, 0.3) is 0 Å². The van der Waals surface area contributed by atoms with Crippen LogP contribution in [0.2, 0.25) is 0 Å². The first-order valence-corrected chi connectivity index (χ1v) is 6.71. The Kier molecular flexibility index (Phi) is 6.02. The summed E-state index contributed by atoms with van der Waals surface area (Å²) in [5.41, 5.74) is 0. The van der Waals surface area contributed by atoms with Gasteiger partial charge in [-0.2, -0.15) is 0 Å². The van der Waals surface area contributed by atoms with Crippen LogP contribution >= 0.6 is 0 Å². The quantitative estimate of drug-likeness (QED) is 0.732. The second-order valence-electron chi connectivity index (χ2n) is 5.41. The van der Waals surface area contributed by atoms with E-state index in [1.807, 2.05) is 26.2 Å². The highest BCUT2D eigenvalue weighted by Crippen LogP contribution is 2.27. The number of aliphatic carboxylic acids is 1. The predicted molar refractivity (Wildman–Crippen MR) is 73.8 cm³/mol. The van der Waals surface area contributed by atoms with Crippen molar-refractivity contribution in [2.45, 2.75) is 19.3 Å². The van der Waals surface area contributed by atoms with Crippen molar-refractivity contribution < 1.29 is 14.7 Å². The van der Waals surface area contributed by atoms with Gasteiger partial charge in [0.2, 0.25) is 5.91 Å². The van der Waals surface area contributed by atoms with Crippen LogP contribution in [0.4, 0.5) is 0 Å². The van der Waals surface area contributed by atoms with Gasteiger partial charge in [-0.1, -0.05) is 12.2 Å². The van der Waals surface area contributed by atoms with Gasteiger partial charge < -0.3 is 14.9 Å². The van der Waals surface area contributed by atoms with Gasteiger partial charge in [-0.3, -0.25) is 9.59 Å². The molecule has 1 amide bonds. The third kappa shape index (κ3) is 4.67. The lowest BCUT2D eigenvalue weighted by atomic mass is 9.82. The Morgan fingerprint density at radius 3 is 2.21 bits per heavy atom. The first-order valence-electron chi connectivity index (χ1n) is 6.71. The molecule has 0 aromatic rings. The van der Waals surface area contributed by atoms with Gasteiger partial charge >= 0.3 is 5.97 Å². The number of carboxylic acids is 1. The van der Waals surface area contributed by atoms with Crippen molar-refractivity contribution in [2.75, 3.05) is 34.2 Å². The van der Waals surface area contributed by atoms with Gasteiger partial charge in [-0.25, -0.2) is 0 Å². The summed E-state index contributed by atoms with van der Waals surface area (Å²) >= 11 is 0. The van der Waals surface area contributed by atoms with E-state index in [4.69, 9.17) is 0 Å². The highest BCUT2D eigenvalue weighted by Gasteiger charge is 2.35.